The van der Waals surface area contributed by atoms with Crippen LogP contribution >= 0.6 is 0 Å². The first-order chi connectivity index (χ1) is 24.0. The molecule has 2 aromatic heterocycles. The normalized spacial score (nSPS) is 20.2. The number of piperidine rings is 1. The maximum atomic E-state index is 13.3. The molecule has 3 aromatic rings. The molecule has 2 saturated heterocycles. The molecular formula is C39H57KN6O5S. The van der Waals surface area contributed by atoms with Crippen LogP contribution < -0.4 is 56.7 Å². The molecule has 4 heterocycles. The van der Waals surface area contributed by atoms with Crippen molar-refractivity contribution in [3.05, 3.63) is 72.6 Å². The van der Waals surface area contributed by atoms with Crippen molar-refractivity contribution < 1.29 is 73.9 Å². The average Bonchev–Trinajstić information content (AvgIpc) is 3.84. The third-order valence-electron chi connectivity index (χ3n) is 11.7. The Kier molecular flexibility index (Phi) is 14.6. The monoisotopic (exact) mass is 760 g/mol. The molecule has 0 aliphatic carbocycles. The molecule has 52 heavy (non-hydrogen) atoms. The molecule has 5 rings (SSSR count). The Morgan fingerprint density at radius 3 is 2.23 bits per heavy atom. The molecule has 0 bridgehead atoms. The maximum Gasteiger partial charge on any atom is 1.00 e. The third-order valence-corrected chi connectivity index (χ3v) is 12.5. The summed E-state index contributed by atoms with van der Waals surface area (Å²) in [5.41, 5.74) is 1.84. The molecule has 0 radical (unpaired) electrons. The smallest absolute Gasteiger partial charge is 0.744 e. The number of carbonyl (C=O) groups excluding carboxylic acids is 2. The largest absolute Gasteiger partial charge is 1.00 e. The Balaban J connectivity index is 0.00000605. The molecule has 1 aromatic carbocycles. The van der Waals surface area contributed by atoms with E-state index in [2.05, 4.69) is 72.9 Å². The molecule has 11 nitrogen and oxygen atoms in total. The summed E-state index contributed by atoms with van der Waals surface area (Å²) in [7, 11) is -2.42. The Morgan fingerprint density at radius 2 is 1.67 bits per heavy atom. The summed E-state index contributed by atoms with van der Waals surface area (Å²) in [6.07, 6.45) is 16.2. The van der Waals surface area contributed by atoms with E-state index in [0.29, 0.717) is 25.7 Å². The number of nitrogens with one attached hydrogen (secondary N) is 1. The molecule has 1 N–H and O–H groups in total. The van der Waals surface area contributed by atoms with E-state index in [1.54, 1.807) is 18.3 Å². The van der Waals surface area contributed by atoms with Gasteiger partial charge in [0.05, 0.1) is 17.6 Å². The summed E-state index contributed by atoms with van der Waals surface area (Å²) in [4.78, 5) is 34.9. The molecule has 2 amide bonds. The van der Waals surface area contributed by atoms with Gasteiger partial charge in [-0.3, -0.25) is 14.5 Å². The minimum atomic E-state index is -4.58. The fourth-order valence-electron chi connectivity index (χ4n) is 8.62. The molecule has 280 valence electrons. The van der Waals surface area contributed by atoms with E-state index in [1.165, 1.54) is 12.1 Å². The Morgan fingerprint density at radius 1 is 1.00 bits per heavy atom. The van der Waals surface area contributed by atoms with Crippen LogP contribution in [0.4, 0.5) is 0 Å². The zero-order chi connectivity index (χ0) is 37.1. The van der Waals surface area contributed by atoms with E-state index < -0.39 is 10.1 Å². The summed E-state index contributed by atoms with van der Waals surface area (Å²) in [6.45, 7) is 13.9. The fraction of sp³-hybridized carbons (Fsp3) is 0.615. The first-order valence-corrected chi connectivity index (χ1v) is 19.9. The number of benzene rings is 1. The minimum Gasteiger partial charge on any atom is -0.744 e. The van der Waals surface area contributed by atoms with Gasteiger partial charge in [-0.1, -0.05) is 19.1 Å². The van der Waals surface area contributed by atoms with Crippen LogP contribution in [0.5, 0.6) is 0 Å². The van der Waals surface area contributed by atoms with Gasteiger partial charge in [0.1, 0.15) is 10.1 Å². The Bertz CT molecular complexity index is 1720. The molecule has 4 unspecified atom stereocenters. The molecule has 2 aliphatic rings. The summed E-state index contributed by atoms with van der Waals surface area (Å²) < 4.78 is 39.5. The quantitative estimate of drug-likeness (QED) is 0.186. The van der Waals surface area contributed by atoms with Crippen molar-refractivity contribution in [3.63, 3.8) is 0 Å². The number of hydrogen-bond donors (Lipinski definition) is 1. The van der Waals surface area contributed by atoms with Gasteiger partial charge in [-0.25, -0.2) is 13.4 Å². The molecular weight excluding hydrogens is 704 g/mol. The zero-order valence-corrected chi connectivity index (χ0v) is 36.4. The standard InChI is InChI=1S/C39H58N6O5S.K/c1-8-33(44-19-16-40-27-44)23-34(45-17-9-10-37(45)47)22-31(30-11-13-35(14-12-30)51(48,49)50)20-28(2)43-18-15-29(26-43)21-36(46)41-32-24-38(3,4)42(7)39(5,6)25-32;/h11-16,18-19,26-28,31-34H,8-10,17,20-25H2,1-7H3,(H,41,46)(H,48,49,50);/q;+1/p-1. The number of hydrogen-bond acceptors (Lipinski definition) is 7. The van der Waals surface area contributed by atoms with Crippen molar-refractivity contribution in [3.8, 4) is 0 Å². The van der Waals surface area contributed by atoms with Crippen LogP contribution in [0.2, 0.25) is 0 Å². The average molecular weight is 761 g/mol. The maximum absolute atomic E-state index is 13.3. The second-order valence-electron chi connectivity index (χ2n) is 16.2. The van der Waals surface area contributed by atoms with E-state index >= 15 is 0 Å². The van der Waals surface area contributed by atoms with E-state index in [9.17, 15) is 22.6 Å². The van der Waals surface area contributed by atoms with Gasteiger partial charge < -0.3 is 23.9 Å². The minimum absolute atomic E-state index is 0. The second-order valence-corrected chi connectivity index (χ2v) is 17.6. The topological polar surface area (TPSA) is 133 Å². The predicted octanol–water partition coefficient (Wildman–Crippen LogP) is 3.06. The SMILES string of the molecule is CCC(CC(CC(CC(C)n1ccc(CC(=O)NC2CC(C)(C)N(C)C(C)(C)C2)c1)c1ccc(S(=O)(=O)[O-])cc1)N1CCCC1=O)n1ccnc1.[K+]. The summed E-state index contributed by atoms with van der Waals surface area (Å²) in [5, 5.41) is 3.31. The molecule has 13 heteroatoms. The van der Waals surface area contributed by atoms with Crippen molar-refractivity contribution in [1.29, 1.82) is 0 Å². The van der Waals surface area contributed by atoms with Crippen LogP contribution in [0.25, 0.3) is 0 Å². The molecule has 0 saturated carbocycles. The van der Waals surface area contributed by atoms with Crippen LogP contribution in [0, 0.1) is 0 Å². The van der Waals surface area contributed by atoms with Crippen molar-refractivity contribution in [2.75, 3.05) is 13.6 Å². The van der Waals surface area contributed by atoms with Gasteiger partial charge in [0.15, 0.2) is 0 Å². The first-order valence-electron chi connectivity index (χ1n) is 18.5. The van der Waals surface area contributed by atoms with Crippen LogP contribution in [0.3, 0.4) is 0 Å². The number of rotatable bonds is 15. The van der Waals surface area contributed by atoms with Gasteiger partial charge in [0.2, 0.25) is 11.8 Å². The number of amides is 2. The van der Waals surface area contributed by atoms with Crippen LogP contribution in [-0.4, -0.2) is 85.5 Å². The zero-order valence-electron chi connectivity index (χ0n) is 32.4. The number of nitrogens with zero attached hydrogens (tertiary/aromatic N) is 5. The molecule has 2 fully saturated rings. The van der Waals surface area contributed by atoms with Crippen molar-refractivity contribution >= 4 is 21.9 Å². The fourth-order valence-corrected chi connectivity index (χ4v) is 9.09. The van der Waals surface area contributed by atoms with Crippen LogP contribution in [0.15, 0.2) is 66.3 Å². The van der Waals surface area contributed by atoms with Gasteiger partial charge >= 0.3 is 51.4 Å². The van der Waals surface area contributed by atoms with E-state index in [0.717, 1.165) is 49.8 Å². The molecule has 4 atom stereocenters. The summed E-state index contributed by atoms with van der Waals surface area (Å²) in [5.74, 6) is 0.155. The second kappa shape index (κ2) is 17.7. The summed E-state index contributed by atoms with van der Waals surface area (Å²) >= 11 is 0. The van der Waals surface area contributed by atoms with Gasteiger partial charge in [0, 0.05) is 73.0 Å². The van der Waals surface area contributed by atoms with Crippen LogP contribution in [0.1, 0.15) is 122 Å². The Labute approximate surface area is 353 Å². The van der Waals surface area contributed by atoms with Gasteiger partial charge in [-0.2, -0.15) is 0 Å². The van der Waals surface area contributed by atoms with Crippen LogP contribution in [-0.2, 0) is 26.1 Å². The number of aromatic nitrogens is 3. The number of imidazole rings is 1. The van der Waals surface area contributed by atoms with E-state index in [1.807, 2.05) is 35.9 Å². The van der Waals surface area contributed by atoms with Crippen molar-refractivity contribution in [1.82, 2.24) is 29.2 Å². The predicted molar refractivity (Wildman–Crippen MR) is 197 cm³/mol. The number of likely N-dealkylation sites (tertiary alicyclic amines) is 2. The van der Waals surface area contributed by atoms with Crippen molar-refractivity contribution in [2.24, 2.45) is 0 Å². The molecule has 0 spiro atoms. The van der Waals surface area contributed by atoms with E-state index in [-0.39, 0.29) is 109 Å². The molecule has 2 aliphatic heterocycles. The first kappa shape index (κ1) is 42.9. The van der Waals surface area contributed by atoms with Gasteiger partial charge in [0.25, 0.3) is 0 Å². The summed E-state index contributed by atoms with van der Waals surface area (Å²) in [6, 6.07) is 8.56. The Hall–Kier alpha value is -1.84. The van der Waals surface area contributed by atoms with Crippen molar-refractivity contribution in [2.45, 2.75) is 145 Å². The van der Waals surface area contributed by atoms with E-state index in [4.69, 9.17) is 0 Å². The van der Waals surface area contributed by atoms with Gasteiger partial charge in [-0.15, -0.1) is 0 Å². The number of carbonyl (C=O) groups is 2. The third kappa shape index (κ3) is 10.7. The van der Waals surface area contributed by atoms with Gasteiger partial charge in [-0.05, 0) is 122 Å².